The van der Waals surface area contributed by atoms with E-state index in [4.69, 9.17) is 15.2 Å². The first kappa shape index (κ1) is 11.7. The number of pyridine rings is 1. The molecule has 5 heteroatoms. The van der Waals surface area contributed by atoms with Gasteiger partial charge in [0, 0.05) is 13.0 Å². The zero-order valence-electron chi connectivity index (χ0n) is 10.7. The molecule has 2 saturated heterocycles. The molecule has 2 fully saturated rings. The highest BCUT2D eigenvalue weighted by Crippen LogP contribution is 2.32. The number of aromatic nitrogens is 1. The number of piperidine rings is 1. The van der Waals surface area contributed by atoms with Crippen LogP contribution in [-0.4, -0.2) is 37.1 Å². The van der Waals surface area contributed by atoms with Gasteiger partial charge in [0.2, 0.25) is 0 Å². The Bertz CT molecular complexity index is 444. The average molecular weight is 249 g/mol. The van der Waals surface area contributed by atoms with E-state index in [1.165, 1.54) is 0 Å². The maximum absolute atomic E-state index is 5.80. The molecule has 2 aliphatic heterocycles. The maximum atomic E-state index is 5.80. The van der Waals surface area contributed by atoms with E-state index in [1.807, 2.05) is 19.1 Å². The molecule has 0 aromatic carbocycles. The molecule has 1 aromatic heterocycles. The molecule has 0 amide bonds. The molecule has 98 valence electrons. The van der Waals surface area contributed by atoms with Crippen molar-refractivity contribution in [1.29, 1.82) is 0 Å². The SMILES string of the molecule is Cc1nc(N2CCCC3(C2)OCCO3)ccc1N. The number of rotatable bonds is 1. The topological polar surface area (TPSA) is 60.6 Å². The van der Waals surface area contributed by atoms with Crippen molar-refractivity contribution in [1.82, 2.24) is 4.98 Å². The summed E-state index contributed by atoms with van der Waals surface area (Å²) >= 11 is 0. The van der Waals surface area contributed by atoms with Gasteiger partial charge >= 0.3 is 0 Å². The summed E-state index contributed by atoms with van der Waals surface area (Å²) in [7, 11) is 0. The third kappa shape index (κ3) is 2.04. The predicted molar refractivity (Wildman–Crippen MR) is 69.5 cm³/mol. The van der Waals surface area contributed by atoms with Crippen molar-refractivity contribution < 1.29 is 9.47 Å². The zero-order valence-corrected chi connectivity index (χ0v) is 10.7. The fourth-order valence-electron chi connectivity index (χ4n) is 2.65. The minimum absolute atomic E-state index is 0.408. The Balaban J connectivity index is 1.81. The van der Waals surface area contributed by atoms with Crippen molar-refractivity contribution in [3.05, 3.63) is 17.8 Å². The molecule has 18 heavy (non-hydrogen) atoms. The van der Waals surface area contributed by atoms with Gasteiger partial charge in [-0.15, -0.1) is 0 Å². The number of nitrogens with two attached hydrogens (primary N) is 1. The van der Waals surface area contributed by atoms with Gasteiger partial charge in [-0.1, -0.05) is 0 Å². The third-order valence-corrected chi connectivity index (χ3v) is 3.67. The van der Waals surface area contributed by atoms with Crippen molar-refractivity contribution in [2.24, 2.45) is 0 Å². The van der Waals surface area contributed by atoms with Crippen LogP contribution in [0, 0.1) is 6.92 Å². The van der Waals surface area contributed by atoms with Crippen molar-refractivity contribution >= 4 is 11.5 Å². The first-order valence-electron chi connectivity index (χ1n) is 6.45. The predicted octanol–water partition coefficient (Wildman–Crippen LogP) is 1.32. The first-order valence-corrected chi connectivity index (χ1v) is 6.45. The Morgan fingerprint density at radius 3 is 2.83 bits per heavy atom. The summed E-state index contributed by atoms with van der Waals surface area (Å²) in [6.45, 7) is 5.07. The molecule has 0 bridgehead atoms. The van der Waals surface area contributed by atoms with Crippen LogP contribution in [0.25, 0.3) is 0 Å². The minimum atomic E-state index is -0.408. The van der Waals surface area contributed by atoms with Gasteiger partial charge in [-0.2, -0.15) is 0 Å². The van der Waals surface area contributed by atoms with Crippen LogP contribution in [0.2, 0.25) is 0 Å². The Labute approximate surface area is 107 Å². The highest BCUT2D eigenvalue weighted by molar-refractivity contribution is 5.50. The van der Waals surface area contributed by atoms with Crippen molar-refractivity contribution in [2.45, 2.75) is 25.6 Å². The van der Waals surface area contributed by atoms with Crippen LogP contribution in [0.5, 0.6) is 0 Å². The molecule has 1 spiro atoms. The number of anilines is 2. The van der Waals surface area contributed by atoms with Gasteiger partial charge in [-0.25, -0.2) is 4.98 Å². The molecular weight excluding hydrogens is 230 g/mol. The summed E-state index contributed by atoms with van der Waals surface area (Å²) in [5.41, 5.74) is 7.41. The smallest absolute Gasteiger partial charge is 0.186 e. The first-order chi connectivity index (χ1) is 8.69. The van der Waals surface area contributed by atoms with Crippen LogP contribution in [0.1, 0.15) is 18.5 Å². The maximum Gasteiger partial charge on any atom is 0.186 e. The minimum Gasteiger partial charge on any atom is -0.397 e. The van der Waals surface area contributed by atoms with Crippen LogP contribution >= 0.6 is 0 Å². The van der Waals surface area contributed by atoms with E-state index in [0.717, 1.165) is 43.1 Å². The van der Waals surface area contributed by atoms with Crippen LogP contribution in [0.4, 0.5) is 11.5 Å². The molecule has 0 radical (unpaired) electrons. The third-order valence-electron chi connectivity index (χ3n) is 3.67. The molecule has 2 N–H and O–H groups in total. The summed E-state index contributed by atoms with van der Waals surface area (Å²) in [6.07, 6.45) is 2.03. The number of nitrogen functional groups attached to an aromatic ring is 1. The molecule has 0 aliphatic carbocycles. The van der Waals surface area contributed by atoms with Gasteiger partial charge in [-0.3, -0.25) is 0 Å². The molecular formula is C13H19N3O2. The molecule has 3 rings (SSSR count). The molecule has 0 atom stereocenters. The quantitative estimate of drug-likeness (QED) is 0.813. The lowest BCUT2D eigenvalue weighted by Crippen LogP contribution is -2.49. The zero-order chi connectivity index (χ0) is 12.6. The van der Waals surface area contributed by atoms with Crippen LogP contribution in [-0.2, 0) is 9.47 Å². The number of ether oxygens (including phenoxy) is 2. The standard InChI is InChI=1S/C13H19N3O2/c1-10-11(14)3-4-12(15-10)16-6-2-5-13(9-16)17-7-8-18-13/h3-4H,2,5-9,14H2,1H3. The molecule has 0 unspecified atom stereocenters. The van der Waals surface area contributed by atoms with Crippen LogP contribution in [0.15, 0.2) is 12.1 Å². The molecule has 1 aromatic rings. The van der Waals surface area contributed by atoms with E-state index in [2.05, 4.69) is 9.88 Å². The van der Waals surface area contributed by atoms with Crippen LogP contribution < -0.4 is 10.6 Å². The lowest BCUT2D eigenvalue weighted by Gasteiger charge is -2.39. The molecule has 2 aliphatic rings. The fraction of sp³-hybridized carbons (Fsp3) is 0.615. The Morgan fingerprint density at radius 2 is 2.11 bits per heavy atom. The van der Waals surface area contributed by atoms with E-state index in [1.54, 1.807) is 0 Å². The summed E-state index contributed by atoms with van der Waals surface area (Å²) < 4.78 is 11.5. The second-order valence-electron chi connectivity index (χ2n) is 4.98. The monoisotopic (exact) mass is 249 g/mol. The molecule has 0 saturated carbocycles. The highest BCUT2D eigenvalue weighted by atomic mass is 16.7. The summed E-state index contributed by atoms with van der Waals surface area (Å²) in [4.78, 5) is 6.76. The van der Waals surface area contributed by atoms with E-state index in [0.29, 0.717) is 13.2 Å². The molecule has 3 heterocycles. The Kier molecular flexibility index (Phi) is 2.87. The summed E-state index contributed by atoms with van der Waals surface area (Å²) in [5.74, 6) is 0.551. The number of nitrogens with zero attached hydrogens (tertiary/aromatic N) is 2. The Hall–Kier alpha value is -1.33. The molecule has 5 nitrogen and oxygen atoms in total. The summed E-state index contributed by atoms with van der Waals surface area (Å²) in [5, 5.41) is 0. The lowest BCUT2D eigenvalue weighted by atomic mass is 10.0. The lowest BCUT2D eigenvalue weighted by molar-refractivity contribution is -0.161. The second-order valence-corrected chi connectivity index (χ2v) is 4.98. The van der Waals surface area contributed by atoms with Gasteiger partial charge in [0.15, 0.2) is 5.79 Å². The second kappa shape index (κ2) is 4.40. The highest BCUT2D eigenvalue weighted by Gasteiger charge is 2.41. The van der Waals surface area contributed by atoms with Crippen LogP contribution in [0.3, 0.4) is 0 Å². The van der Waals surface area contributed by atoms with Gasteiger partial charge < -0.3 is 20.1 Å². The van der Waals surface area contributed by atoms with E-state index in [-0.39, 0.29) is 0 Å². The average Bonchev–Trinajstić information content (AvgIpc) is 2.81. The summed E-state index contributed by atoms with van der Waals surface area (Å²) in [6, 6.07) is 3.88. The fourth-order valence-corrected chi connectivity index (χ4v) is 2.65. The number of hydrogen-bond donors (Lipinski definition) is 1. The Morgan fingerprint density at radius 1 is 1.33 bits per heavy atom. The van der Waals surface area contributed by atoms with E-state index in [9.17, 15) is 0 Å². The van der Waals surface area contributed by atoms with Gasteiger partial charge in [0.1, 0.15) is 5.82 Å². The van der Waals surface area contributed by atoms with Crippen molar-refractivity contribution in [3.8, 4) is 0 Å². The van der Waals surface area contributed by atoms with E-state index < -0.39 is 5.79 Å². The normalized spacial score (nSPS) is 22.6. The van der Waals surface area contributed by atoms with Gasteiger partial charge in [-0.05, 0) is 25.5 Å². The van der Waals surface area contributed by atoms with Gasteiger partial charge in [0.05, 0.1) is 31.1 Å². The van der Waals surface area contributed by atoms with E-state index >= 15 is 0 Å². The van der Waals surface area contributed by atoms with Gasteiger partial charge in [0.25, 0.3) is 0 Å². The van der Waals surface area contributed by atoms with Crippen molar-refractivity contribution in [2.75, 3.05) is 36.9 Å². The number of hydrogen-bond acceptors (Lipinski definition) is 5. The van der Waals surface area contributed by atoms with Crippen molar-refractivity contribution in [3.63, 3.8) is 0 Å². The largest absolute Gasteiger partial charge is 0.397 e. The number of aryl methyl sites for hydroxylation is 1.